The first-order valence-electron chi connectivity index (χ1n) is 2.60. The summed E-state index contributed by atoms with van der Waals surface area (Å²) in [7, 11) is 0.755. The first kappa shape index (κ1) is 10.3. The quantitative estimate of drug-likeness (QED) is 0.347. The number of alkyl halides is 3. The Morgan fingerprint density at radius 1 is 1.58 bits per heavy atom. The topological polar surface area (TPSA) is 37.4 Å². The van der Waals surface area contributed by atoms with Crippen molar-refractivity contribution in [3.05, 3.63) is 22.9 Å². The molecule has 0 aromatic heterocycles. The number of methoxy groups -OCH3 is 1. The van der Waals surface area contributed by atoms with Gasteiger partial charge in [0.15, 0.2) is 0 Å². The Bertz CT molecular complexity index is 263. The Labute approximate surface area is 66.5 Å². The van der Waals surface area contributed by atoms with Crippen molar-refractivity contribution in [2.24, 2.45) is 0 Å². The van der Waals surface area contributed by atoms with E-state index in [-0.39, 0.29) is 0 Å². The molecule has 0 aliphatic carbocycles. The summed E-state index contributed by atoms with van der Waals surface area (Å²) in [6, 6.07) is 1.09. The summed E-state index contributed by atoms with van der Waals surface area (Å²) in [5.74, 6) is -1.56. The number of rotatable bonds is 1. The van der Waals surface area contributed by atoms with Gasteiger partial charge in [-0.3, -0.25) is 0 Å². The van der Waals surface area contributed by atoms with Crippen molar-refractivity contribution in [1.82, 2.24) is 0 Å². The number of ether oxygens (including phenoxy) is 1. The fourth-order valence-electron chi connectivity index (χ4n) is 0.473. The van der Waals surface area contributed by atoms with Gasteiger partial charge in [0.05, 0.1) is 19.8 Å². The van der Waals surface area contributed by atoms with Crippen molar-refractivity contribution in [3.8, 4) is 6.07 Å². The second kappa shape index (κ2) is 3.63. The highest BCUT2D eigenvalue weighted by atomic mass is 19.4. The molecular formula is C6H3F3N2O. The third-order valence-electron chi connectivity index (χ3n) is 0.894. The minimum Gasteiger partial charge on any atom is -0.503 e. The zero-order chi connectivity index (χ0) is 9.78. The Balaban J connectivity index is 5.18. The Hall–Kier alpha value is -1.69. The van der Waals surface area contributed by atoms with E-state index in [1.807, 2.05) is 0 Å². The molecule has 0 amide bonds. The molecule has 0 rings (SSSR count). The predicted octanol–water partition coefficient (Wildman–Crippen LogP) is 1.85. The van der Waals surface area contributed by atoms with Crippen molar-refractivity contribution in [2.45, 2.75) is 6.18 Å². The lowest BCUT2D eigenvalue weighted by Gasteiger charge is -2.09. The molecule has 12 heavy (non-hydrogen) atoms. The van der Waals surface area contributed by atoms with Crippen molar-refractivity contribution < 1.29 is 17.9 Å². The Kier molecular flexibility index (Phi) is 3.12. The van der Waals surface area contributed by atoms with Gasteiger partial charge in [0, 0.05) is 0 Å². The largest absolute Gasteiger partial charge is 0.503 e. The van der Waals surface area contributed by atoms with Gasteiger partial charge in [0.1, 0.15) is 0 Å². The molecule has 6 heteroatoms. The molecule has 0 heterocycles. The van der Waals surface area contributed by atoms with Gasteiger partial charge in [0.2, 0.25) is 5.76 Å². The maximum Gasteiger partial charge on any atom is 0.439 e. The molecule has 0 radical (unpaired) electrons. The predicted molar refractivity (Wildman–Crippen MR) is 32.3 cm³/mol. The van der Waals surface area contributed by atoms with Crippen LogP contribution >= 0.6 is 0 Å². The van der Waals surface area contributed by atoms with E-state index >= 15 is 0 Å². The zero-order valence-corrected chi connectivity index (χ0v) is 5.94. The third kappa shape index (κ3) is 2.17. The van der Waals surface area contributed by atoms with Gasteiger partial charge in [-0.1, -0.05) is 0 Å². The van der Waals surface area contributed by atoms with Crippen molar-refractivity contribution in [3.63, 3.8) is 0 Å². The van der Waals surface area contributed by atoms with E-state index in [1.165, 1.54) is 0 Å². The highest BCUT2D eigenvalue weighted by Crippen LogP contribution is 2.28. The number of halogens is 3. The summed E-state index contributed by atoms with van der Waals surface area (Å²) in [5, 5.41) is 8.09. The molecule has 0 aliphatic rings. The van der Waals surface area contributed by atoms with Gasteiger partial charge in [-0.15, -0.1) is 0 Å². The molecule has 0 N–H and O–H groups in total. The number of nitrogens with zero attached hydrogens (tertiary/aromatic N) is 2. The molecule has 64 valence electrons. The molecule has 0 saturated carbocycles. The maximum absolute atomic E-state index is 11.9. The highest BCUT2D eigenvalue weighted by molar-refractivity contribution is 5.32. The molecule has 0 atom stereocenters. The Morgan fingerprint density at radius 2 is 2.08 bits per heavy atom. The minimum atomic E-state index is -4.79. The molecule has 0 bridgehead atoms. The van der Waals surface area contributed by atoms with Crippen molar-refractivity contribution in [1.29, 1.82) is 5.26 Å². The molecule has 0 unspecified atom stereocenters. The SMILES string of the molecule is [C-]#[N+]C(C#N)=C(OC)C(F)(F)F. The van der Waals surface area contributed by atoms with Crippen LogP contribution in [0.15, 0.2) is 11.5 Å². The third-order valence-corrected chi connectivity index (χ3v) is 0.894. The van der Waals surface area contributed by atoms with Gasteiger partial charge >= 0.3 is 11.9 Å². The van der Waals surface area contributed by atoms with Crippen LogP contribution in [0.3, 0.4) is 0 Å². The van der Waals surface area contributed by atoms with Crippen molar-refractivity contribution in [2.75, 3.05) is 7.11 Å². The maximum atomic E-state index is 11.9. The number of hydrogen-bond acceptors (Lipinski definition) is 2. The molecule has 0 aromatic carbocycles. The van der Waals surface area contributed by atoms with Crippen LogP contribution in [0.1, 0.15) is 0 Å². The van der Waals surface area contributed by atoms with Crippen LogP contribution in [0.5, 0.6) is 0 Å². The Morgan fingerprint density at radius 3 is 2.17 bits per heavy atom. The lowest BCUT2D eigenvalue weighted by molar-refractivity contribution is -0.126. The summed E-state index contributed by atoms with van der Waals surface area (Å²) < 4.78 is 39.5. The fourth-order valence-corrected chi connectivity index (χ4v) is 0.473. The lowest BCUT2D eigenvalue weighted by atomic mass is 10.4. The lowest BCUT2D eigenvalue weighted by Crippen LogP contribution is -2.14. The normalized spacial score (nSPS) is 12.5. The number of allylic oxidation sites excluding steroid dienone is 2. The van der Waals surface area contributed by atoms with Crippen molar-refractivity contribution >= 4 is 0 Å². The summed E-state index contributed by atoms with van der Waals surface area (Å²) >= 11 is 0. The average Bonchev–Trinajstić information content (AvgIpc) is 1.97. The monoisotopic (exact) mass is 176 g/mol. The molecule has 0 fully saturated rings. The number of hydrogen-bond donors (Lipinski definition) is 0. The average molecular weight is 176 g/mol. The van der Waals surface area contributed by atoms with Crippen LogP contribution in [-0.2, 0) is 4.74 Å². The van der Waals surface area contributed by atoms with E-state index in [4.69, 9.17) is 11.8 Å². The molecule has 0 spiro atoms. The summed E-state index contributed by atoms with van der Waals surface area (Å²) in [5.41, 5.74) is -1.09. The van der Waals surface area contributed by atoms with E-state index in [1.54, 1.807) is 0 Å². The van der Waals surface area contributed by atoms with Gasteiger partial charge < -0.3 is 4.74 Å². The van der Waals surface area contributed by atoms with E-state index in [0.717, 1.165) is 13.2 Å². The van der Waals surface area contributed by atoms with Crippen LogP contribution in [0, 0.1) is 17.9 Å². The second-order valence-corrected chi connectivity index (χ2v) is 1.60. The summed E-state index contributed by atoms with van der Waals surface area (Å²) in [4.78, 5) is 2.37. The van der Waals surface area contributed by atoms with Gasteiger partial charge in [0.25, 0.3) is 0 Å². The first-order chi connectivity index (χ1) is 5.47. The van der Waals surface area contributed by atoms with Crippen LogP contribution in [-0.4, -0.2) is 13.3 Å². The van der Waals surface area contributed by atoms with Crippen LogP contribution in [0.4, 0.5) is 13.2 Å². The first-order valence-corrected chi connectivity index (χ1v) is 2.60. The van der Waals surface area contributed by atoms with E-state index in [9.17, 15) is 13.2 Å². The molecule has 0 aliphatic heterocycles. The number of nitriles is 1. The summed E-state index contributed by atoms with van der Waals surface area (Å²) in [6.07, 6.45) is -4.79. The molecule has 3 nitrogen and oxygen atoms in total. The van der Waals surface area contributed by atoms with E-state index in [0.29, 0.717) is 0 Å². The minimum absolute atomic E-state index is 0.755. The van der Waals surface area contributed by atoms with E-state index in [2.05, 4.69) is 9.58 Å². The van der Waals surface area contributed by atoms with Crippen LogP contribution < -0.4 is 0 Å². The second-order valence-electron chi connectivity index (χ2n) is 1.60. The fraction of sp³-hybridized carbons (Fsp3) is 0.333. The zero-order valence-electron chi connectivity index (χ0n) is 5.94. The van der Waals surface area contributed by atoms with Gasteiger partial charge in [-0.2, -0.15) is 13.2 Å². The van der Waals surface area contributed by atoms with Gasteiger partial charge in [-0.25, -0.2) is 10.1 Å². The highest BCUT2D eigenvalue weighted by Gasteiger charge is 2.38. The van der Waals surface area contributed by atoms with Gasteiger partial charge in [-0.05, 0) is 0 Å². The van der Waals surface area contributed by atoms with E-state index < -0.39 is 17.6 Å². The molecule has 0 saturated heterocycles. The van der Waals surface area contributed by atoms with Crippen LogP contribution in [0.25, 0.3) is 4.85 Å². The summed E-state index contributed by atoms with van der Waals surface area (Å²) in [6.45, 7) is 6.24. The molecule has 0 aromatic rings. The standard InChI is InChI=1S/C6H3F3N2O/c1-11-4(3-10)5(12-2)6(7,8)9/h2H3. The smallest absolute Gasteiger partial charge is 0.439 e. The van der Waals surface area contributed by atoms with Crippen LogP contribution in [0.2, 0.25) is 0 Å². The molecular weight excluding hydrogens is 173 g/mol.